The second-order valence-electron chi connectivity index (χ2n) is 5.56. The van der Waals surface area contributed by atoms with Gasteiger partial charge in [-0.25, -0.2) is 13.4 Å². The van der Waals surface area contributed by atoms with Crippen LogP contribution < -0.4 is 10.6 Å². The van der Waals surface area contributed by atoms with Crippen LogP contribution in [0.25, 0.3) is 0 Å². The molecule has 1 rings (SSSR count). The van der Waals surface area contributed by atoms with E-state index in [0.29, 0.717) is 31.2 Å². The predicted octanol–water partition coefficient (Wildman–Crippen LogP) is 2.44. The minimum Gasteiger partial charge on any atom is -0.379 e. The maximum absolute atomic E-state index is 12.5. The highest BCUT2D eigenvalue weighted by Crippen LogP contribution is 2.29. The van der Waals surface area contributed by atoms with Gasteiger partial charge in [0.05, 0.1) is 31.1 Å². The topological polar surface area (TPSA) is 79.8 Å². The Labute approximate surface area is 174 Å². The molecule has 6 nitrogen and oxygen atoms in total. The predicted molar refractivity (Wildman–Crippen MR) is 110 cm³/mol. The van der Waals surface area contributed by atoms with Gasteiger partial charge in [-0.1, -0.05) is 12.1 Å². The number of sulfone groups is 1. The number of benzene rings is 1. The molecule has 0 saturated carbocycles. The number of guanidine groups is 1. The third-order valence-corrected chi connectivity index (χ3v) is 4.09. The zero-order valence-corrected chi connectivity index (χ0v) is 18.3. The second kappa shape index (κ2) is 12.4. The quantitative estimate of drug-likeness (QED) is 0.225. The minimum atomic E-state index is -4.35. The van der Waals surface area contributed by atoms with Gasteiger partial charge in [-0.05, 0) is 24.6 Å². The number of hydrogen-bond acceptors (Lipinski definition) is 4. The zero-order chi connectivity index (χ0) is 19.6. The van der Waals surface area contributed by atoms with Crippen molar-refractivity contribution in [2.75, 3.05) is 38.3 Å². The van der Waals surface area contributed by atoms with E-state index >= 15 is 0 Å². The molecule has 0 radical (unpaired) electrons. The van der Waals surface area contributed by atoms with Gasteiger partial charge in [-0.15, -0.1) is 24.0 Å². The highest BCUT2D eigenvalue weighted by molar-refractivity contribution is 14.0. The molecule has 1 aromatic carbocycles. The molecule has 0 aliphatic carbocycles. The molecule has 0 amide bonds. The summed E-state index contributed by atoms with van der Waals surface area (Å²) >= 11 is 0. The lowest BCUT2D eigenvalue weighted by molar-refractivity contribution is -0.137. The third kappa shape index (κ3) is 12.1. The van der Waals surface area contributed by atoms with E-state index in [-0.39, 0.29) is 42.9 Å². The number of hydrogen-bond donors (Lipinski definition) is 2. The molecule has 0 fully saturated rings. The Bertz CT molecular complexity index is 680. The number of nitrogens with one attached hydrogen (secondary N) is 2. The van der Waals surface area contributed by atoms with Crippen LogP contribution in [0.2, 0.25) is 0 Å². The summed E-state index contributed by atoms with van der Waals surface area (Å²) < 4.78 is 64.8. The van der Waals surface area contributed by atoms with Crippen LogP contribution in [-0.2, 0) is 27.3 Å². The normalized spacial score (nSPS) is 12.4. The van der Waals surface area contributed by atoms with Gasteiger partial charge >= 0.3 is 6.18 Å². The van der Waals surface area contributed by atoms with Crippen molar-refractivity contribution in [1.29, 1.82) is 0 Å². The SMILES string of the molecule is CCNC(=NCc1ccc(C(F)(F)F)cc1)NCCOCCS(C)(=O)=O.I. The monoisotopic (exact) mass is 523 g/mol. The fourth-order valence-corrected chi connectivity index (χ4v) is 2.29. The van der Waals surface area contributed by atoms with E-state index in [0.717, 1.165) is 18.4 Å². The first-order chi connectivity index (χ1) is 12.1. The van der Waals surface area contributed by atoms with Crippen molar-refractivity contribution in [3.63, 3.8) is 0 Å². The van der Waals surface area contributed by atoms with Crippen molar-refractivity contribution < 1.29 is 26.3 Å². The first-order valence-electron chi connectivity index (χ1n) is 8.05. The van der Waals surface area contributed by atoms with E-state index in [4.69, 9.17) is 4.74 Å². The average Bonchev–Trinajstić information content (AvgIpc) is 2.54. The summed E-state index contributed by atoms with van der Waals surface area (Å²) in [5.41, 5.74) is -0.0406. The summed E-state index contributed by atoms with van der Waals surface area (Å²) in [5.74, 6) is 0.467. The van der Waals surface area contributed by atoms with Crippen LogP contribution in [0, 0.1) is 0 Å². The highest BCUT2D eigenvalue weighted by atomic mass is 127. The molecular weight excluding hydrogens is 498 g/mol. The molecular formula is C16H25F3IN3O3S. The zero-order valence-electron chi connectivity index (χ0n) is 15.2. The van der Waals surface area contributed by atoms with E-state index in [2.05, 4.69) is 15.6 Å². The molecule has 156 valence electrons. The van der Waals surface area contributed by atoms with Crippen molar-refractivity contribution >= 4 is 39.8 Å². The van der Waals surface area contributed by atoms with Crippen LogP contribution in [0.3, 0.4) is 0 Å². The Morgan fingerprint density at radius 1 is 1.15 bits per heavy atom. The lowest BCUT2D eigenvalue weighted by atomic mass is 10.1. The van der Waals surface area contributed by atoms with Gasteiger partial charge in [0.2, 0.25) is 0 Å². The smallest absolute Gasteiger partial charge is 0.379 e. The van der Waals surface area contributed by atoms with Gasteiger partial charge in [0, 0.05) is 19.3 Å². The van der Waals surface area contributed by atoms with Gasteiger partial charge in [0.25, 0.3) is 0 Å². The molecule has 0 aromatic heterocycles. The fraction of sp³-hybridized carbons (Fsp3) is 0.562. The molecule has 27 heavy (non-hydrogen) atoms. The summed E-state index contributed by atoms with van der Waals surface area (Å²) in [7, 11) is -3.04. The number of alkyl halides is 3. The first-order valence-corrected chi connectivity index (χ1v) is 10.1. The molecule has 2 N–H and O–H groups in total. The van der Waals surface area contributed by atoms with Crippen molar-refractivity contribution in [2.45, 2.75) is 19.6 Å². The maximum atomic E-state index is 12.5. The number of ether oxygens (including phenoxy) is 1. The number of aliphatic imine (C=N–C) groups is 1. The van der Waals surface area contributed by atoms with Crippen LogP contribution >= 0.6 is 24.0 Å². The van der Waals surface area contributed by atoms with Crippen molar-refractivity contribution in [3.05, 3.63) is 35.4 Å². The van der Waals surface area contributed by atoms with Gasteiger partial charge in [-0.2, -0.15) is 13.2 Å². The summed E-state index contributed by atoms with van der Waals surface area (Å²) in [4.78, 5) is 4.29. The summed E-state index contributed by atoms with van der Waals surface area (Å²) in [5, 5.41) is 6.02. The Morgan fingerprint density at radius 3 is 2.30 bits per heavy atom. The van der Waals surface area contributed by atoms with E-state index in [9.17, 15) is 21.6 Å². The largest absolute Gasteiger partial charge is 0.416 e. The van der Waals surface area contributed by atoms with Gasteiger partial charge in [-0.3, -0.25) is 0 Å². The van der Waals surface area contributed by atoms with Gasteiger partial charge in [0.15, 0.2) is 5.96 Å². The Hall–Kier alpha value is -1.08. The third-order valence-electron chi connectivity index (χ3n) is 3.18. The van der Waals surface area contributed by atoms with Gasteiger partial charge < -0.3 is 15.4 Å². The lowest BCUT2D eigenvalue weighted by Crippen LogP contribution is -2.39. The molecule has 0 spiro atoms. The summed E-state index contributed by atoms with van der Waals surface area (Å²) in [6.07, 6.45) is -3.21. The highest BCUT2D eigenvalue weighted by Gasteiger charge is 2.29. The van der Waals surface area contributed by atoms with E-state index < -0.39 is 21.6 Å². The van der Waals surface area contributed by atoms with E-state index in [1.807, 2.05) is 6.92 Å². The van der Waals surface area contributed by atoms with Gasteiger partial charge in [0.1, 0.15) is 9.84 Å². The molecule has 0 saturated heterocycles. The summed E-state index contributed by atoms with van der Waals surface area (Å²) in [6.45, 7) is 3.58. The van der Waals surface area contributed by atoms with Crippen LogP contribution in [0.5, 0.6) is 0 Å². The molecule has 0 unspecified atom stereocenters. The van der Waals surface area contributed by atoms with Crippen molar-refractivity contribution in [2.24, 2.45) is 4.99 Å². The average molecular weight is 523 g/mol. The molecule has 0 aliphatic heterocycles. The van der Waals surface area contributed by atoms with Crippen molar-refractivity contribution in [1.82, 2.24) is 10.6 Å². The molecule has 1 aromatic rings. The number of nitrogens with zero attached hydrogens (tertiary/aromatic N) is 1. The summed E-state index contributed by atoms with van der Waals surface area (Å²) in [6, 6.07) is 4.84. The minimum absolute atomic E-state index is 0. The first kappa shape index (κ1) is 25.9. The lowest BCUT2D eigenvalue weighted by Gasteiger charge is -2.12. The van der Waals surface area contributed by atoms with E-state index in [1.54, 1.807) is 0 Å². The van der Waals surface area contributed by atoms with Crippen LogP contribution in [0.4, 0.5) is 13.2 Å². The number of halogens is 4. The van der Waals surface area contributed by atoms with Crippen molar-refractivity contribution in [3.8, 4) is 0 Å². The molecule has 0 heterocycles. The Kier molecular flexibility index (Phi) is 11.9. The maximum Gasteiger partial charge on any atom is 0.416 e. The second-order valence-corrected chi connectivity index (χ2v) is 7.82. The molecule has 11 heteroatoms. The van der Waals surface area contributed by atoms with Crippen LogP contribution in [-0.4, -0.2) is 52.7 Å². The van der Waals surface area contributed by atoms with Crippen LogP contribution in [0.15, 0.2) is 29.3 Å². The molecule has 0 bridgehead atoms. The molecule has 0 aliphatic rings. The Balaban J connectivity index is 0.00000676. The Morgan fingerprint density at radius 2 is 1.78 bits per heavy atom. The van der Waals surface area contributed by atoms with E-state index in [1.165, 1.54) is 12.1 Å². The number of rotatable bonds is 9. The fourth-order valence-electron chi connectivity index (χ4n) is 1.87. The standard InChI is InChI=1S/C16H24F3N3O3S.HI/c1-3-20-15(21-8-9-25-10-11-26(2,23)24)22-12-13-4-6-14(7-5-13)16(17,18)19;/h4-7H,3,8-12H2,1-2H3,(H2,20,21,22);1H. The van der Waals surface area contributed by atoms with Crippen LogP contribution in [0.1, 0.15) is 18.1 Å². The molecule has 0 atom stereocenters.